The van der Waals surface area contributed by atoms with Crippen molar-refractivity contribution in [2.24, 2.45) is 0 Å². The van der Waals surface area contributed by atoms with Crippen molar-refractivity contribution >= 4 is 22.7 Å². The molecule has 3 heterocycles. The third-order valence-corrected chi connectivity index (χ3v) is 4.83. The predicted molar refractivity (Wildman–Crippen MR) is 76.7 cm³/mol. The largest absolute Gasteiger partial charge is 0.293 e. The van der Waals surface area contributed by atoms with Crippen LogP contribution in [0.2, 0.25) is 0 Å². The lowest BCUT2D eigenvalue weighted by Crippen LogP contribution is -1.97. The van der Waals surface area contributed by atoms with Crippen molar-refractivity contribution < 1.29 is 0 Å². The van der Waals surface area contributed by atoms with E-state index in [2.05, 4.69) is 33.0 Å². The molecule has 3 rings (SSSR count). The summed E-state index contributed by atoms with van der Waals surface area (Å²) in [5.74, 6) is 0. The molecule has 0 radical (unpaired) electrons. The van der Waals surface area contributed by atoms with Gasteiger partial charge in [0.2, 0.25) is 5.13 Å². The smallest absolute Gasteiger partial charge is 0.217 e. The lowest BCUT2D eigenvalue weighted by atomic mass is 10.3. The fourth-order valence-electron chi connectivity index (χ4n) is 1.93. The number of aryl methyl sites for hydroxylation is 2. The highest BCUT2D eigenvalue weighted by atomic mass is 32.1. The Morgan fingerprint density at radius 3 is 2.58 bits per heavy atom. The van der Waals surface area contributed by atoms with Crippen molar-refractivity contribution in [1.82, 2.24) is 14.8 Å². The van der Waals surface area contributed by atoms with Gasteiger partial charge in [-0.15, -0.1) is 21.5 Å². The third kappa shape index (κ3) is 1.97. The zero-order valence-corrected chi connectivity index (χ0v) is 12.0. The van der Waals surface area contributed by atoms with E-state index < -0.39 is 0 Å². The van der Waals surface area contributed by atoms with Crippen LogP contribution in [0.4, 0.5) is 0 Å². The van der Waals surface area contributed by atoms with Gasteiger partial charge in [0.25, 0.3) is 0 Å². The zero-order chi connectivity index (χ0) is 13.4. The maximum Gasteiger partial charge on any atom is 0.217 e. The summed E-state index contributed by atoms with van der Waals surface area (Å²) in [6, 6.07) is 8.11. The van der Waals surface area contributed by atoms with Gasteiger partial charge in [0.15, 0.2) is 5.01 Å². The van der Waals surface area contributed by atoms with Crippen molar-refractivity contribution in [3.8, 4) is 21.1 Å². The van der Waals surface area contributed by atoms with E-state index in [1.807, 2.05) is 25.3 Å². The summed E-state index contributed by atoms with van der Waals surface area (Å²) >= 11 is 3.03. The Balaban J connectivity index is 2.08. The number of thiophene rings is 1. The second kappa shape index (κ2) is 4.61. The standard InChI is InChI=1S/C13H10N4S2/c1-8-3-4-9(2)17(8)13-16-15-12(19-13)11-10(7-14)5-6-18-11/h3-6H,1-2H3. The normalized spacial score (nSPS) is 10.6. The number of rotatable bonds is 2. The van der Waals surface area contributed by atoms with Crippen LogP contribution >= 0.6 is 22.7 Å². The topological polar surface area (TPSA) is 54.5 Å². The Labute approximate surface area is 118 Å². The number of hydrogen-bond acceptors (Lipinski definition) is 5. The molecule has 0 aromatic carbocycles. The van der Waals surface area contributed by atoms with Crippen LogP contribution in [0.25, 0.3) is 15.0 Å². The van der Waals surface area contributed by atoms with Crippen LogP contribution in [0.1, 0.15) is 17.0 Å². The number of aromatic nitrogens is 3. The minimum absolute atomic E-state index is 0.661. The van der Waals surface area contributed by atoms with Crippen molar-refractivity contribution in [3.63, 3.8) is 0 Å². The van der Waals surface area contributed by atoms with Crippen molar-refractivity contribution in [2.75, 3.05) is 0 Å². The van der Waals surface area contributed by atoms with Gasteiger partial charge in [0, 0.05) is 11.4 Å². The molecule has 0 spiro atoms. The van der Waals surface area contributed by atoms with Gasteiger partial charge in [-0.05, 0) is 37.4 Å². The van der Waals surface area contributed by atoms with Gasteiger partial charge in [-0.2, -0.15) is 5.26 Å². The molecular weight excluding hydrogens is 276 g/mol. The number of nitrogens with zero attached hydrogens (tertiary/aromatic N) is 4. The first-order valence-corrected chi connectivity index (χ1v) is 7.37. The molecule has 4 nitrogen and oxygen atoms in total. The molecule has 19 heavy (non-hydrogen) atoms. The summed E-state index contributed by atoms with van der Waals surface area (Å²) < 4.78 is 2.07. The molecule has 0 fully saturated rings. The van der Waals surface area contributed by atoms with Crippen molar-refractivity contribution in [2.45, 2.75) is 13.8 Å². The van der Waals surface area contributed by atoms with E-state index in [1.54, 1.807) is 0 Å². The molecule has 0 N–H and O–H groups in total. The number of hydrogen-bond donors (Lipinski definition) is 0. The number of nitriles is 1. The van der Waals surface area contributed by atoms with Gasteiger partial charge in [0.05, 0.1) is 10.4 Å². The van der Waals surface area contributed by atoms with E-state index in [0.717, 1.165) is 26.4 Å². The Hall–Kier alpha value is -1.97. The average Bonchev–Trinajstić information content (AvgIpc) is 3.08. The lowest BCUT2D eigenvalue weighted by Gasteiger charge is -2.02. The molecule has 0 saturated heterocycles. The molecule has 0 unspecified atom stereocenters. The molecule has 3 aromatic heterocycles. The summed E-state index contributed by atoms with van der Waals surface area (Å²) in [5, 5.41) is 21.1. The van der Waals surface area contributed by atoms with E-state index in [9.17, 15) is 0 Å². The quantitative estimate of drug-likeness (QED) is 0.724. The highest BCUT2D eigenvalue weighted by Crippen LogP contribution is 2.33. The van der Waals surface area contributed by atoms with E-state index in [4.69, 9.17) is 5.26 Å². The first kappa shape index (κ1) is 12.1. The van der Waals surface area contributed by atoms with Gasteiger partial charge in [-0.1, -0.05) is 11.3 Å². The Kier molecular flexibility index (Phi) is 2.93. The summed E-state index contributed by atoms with van der Waals surface area (Å²) in [7, 11) is 0. The zero-order valence-electron chi connectivity index (χ0n) is 10.4. The lowest BCUT2D eigenvalue weighted by molar-refractivity contribution is 0.913. The summed E-state index contributed by atoms with van der Waals surface area (Å²) in [4.78, 5) is 0.897. The highest BCUT2D eigenvalue weighted by molar-refractivity contribution is 7.22. The van der Waals surface area contributed by atoms with Crippen LogP contribution < -0.4 is 0 Å². The second-order valence-corrected chi connectivity index (χ2v) is 5.99. The maximum absolute atomic E-state index is 9.06. The van der Waals surface area contributed by atoms with Crippen LogP contribution in [0.3, 0.4) is 0 Å². The molecule has 0 amide bonds. The van der Waals surface area contributed by atoms with Gasteiger partial charge in [-0.3, -0.25) is 4.57 Å². The van der Waals surface area contributed by atoms with Crippen molar-refractivity contribution in [3.05, 3.63) is 40.5 Å². The van der Waals surface area contributed by atoms with Crippen LogP contribution in [-0.4, -0.2) is 14.8 Å². The molecule has 0 atom stereocenters. The van der Waals surface area contributed by atoms with Crippen LogP contribution in [-0.2, 0) is 0 Å². The molecule has 0 aliphatic carbocycles. The van der Waals surface area contributed by atoms with Crippen molar-refractivity contribution in [1.29, 1.82) is 5.26 Å². The fraction of sp³-hybridized carbons (Fsp3) is 0.154. The summed E-state index contributed by atoms with van der Waals surface area (Å²) in [6.45, 7) is 4.08. The second-order valence-electron chi connectivity index (χ2n) is 4.12. The molecule has 6 heteroatoms. The molecule has 0 aliphatic rings. The van der Waals surface area contributed by atoms with Gasteiger partial charge >= 0.3 is 0 Å². The van der Waals surface area contributed by atoms with Crippen LogP contribution in [0.15, 0.2) is 23.6 Å². The minimum Gasteiger partial charge on any atom is -0.293 e. The molecule has 94 valence electrons. The first-order valence-electron chi connectivity index (χ1n) is 5.67. The molecule has 0 saturated carbocycles. The van der Waals surface area contributed by atoms with E-state index >= 15 is 0 Å². The van der Waals surface area contributed by atoms with E-state index in [-0.39, 0.29) is 0 Å². The van der Waals surface area contributed by atoms with E-state index in [1.165, 1.54) is 22.7 Å². The minimum atomic E-state index is 0.661. The van der Waals surface area contributed by atoms with Crippen LogP contribution in [0.5, 0.6) is 0 Å². The monoisotopic (exact) mass is 286 g/mol. The molecule has 0 bridgehead atoms. The van der Waals surface area contributed by atoms with Gasteiger partial charge in [0.1, 0.15) is 6.07 Å². The first-order chi connectivity index (χ1) is 9.20. The van der Waals surface area contributed by atoms with E-state index in [0.29, 0.717) is 5.56 Å². The van der Waals surface area contributed by atoms with Crippen LogP contribution in [0, 0.1) is 25.2 Å². The fourth-order valence-corrected chi connectivity index (χ4v) is 3.84. The third-order valence-electron chi connectivity index (χ3n) is 2.86. The summed E-state index contributed by atoms with van der Waals surface area (Å²) in [6.07, 6.45) is 0. The molecule has 0 aliphatic heterocycles. The predicted octanol–water partition coefficient (Wildman–Crippen LogP) is 3.55. The molecule has 3 aromatic rings. The maximum atomic E-state index is 9.06. The Morgan fingerprint density at radius 2 is 1.89 bits per heavy atom. The van der Waals surface area contributed by atoms with Gasteiger partial charge in [-0.25, -0.2) is 0 Å². The average molecular weight is 286 g/mol. The SMILES string of the molecule is Cc1ccc(C)n1-c1nnc(-c2sccc2C#N)s1. The Morgan fingerprint density at radius 1 is 1.16 bits per heavy atom. The van der Waals surface area contributed by atoms with Gasteiger partial charge < -0.3 is 0 Å². The molecular formula is C13H10N4S2. The Bertz CT molecular complexity index is 753. The summed E-state index contributed by atoms with van der Waals surface area (Å²) in [5.41, 5.74) is 2.92. The highest BCUT2D eigenvalue weighted by Gasteiger charge is 2.14.